The van der Waals surface area contributed by atoms with Crippen molar-refractivity contribution in [3.8, 4) is 5.75 Å². The van der Waals surface area contributed by atoms with Crippen LogP contribution < -0.4 is 9.46 Å². The van der Waals surface area contributed by atoms with Crippen LogP contribution in [-0.4, -0.2) is 15.4 Å². The summed E-state index contributed by atoms with van der Waals surface area (Å²) in [6.07, 6.45) is 15.8. The Bertz CT molecular complexity index is 468. The second-order valence-corrected chi connectivity index (χ2v) is 7.29. The summed E-state index contributed by atoms with van der Waals surface area (Å²) in [6, 6.07) is 7.23. The number of hydrogen-bond acceptors (Lipinski definition) is 2. The Morgan fingerprint density at radius 3 is 1.96 bits per heavy atom. The fourth-order valence-corrected chi connectivity index (χ4v) is 3.25. The van der Waals surface area contributed by atoms with Gasteiger partial charge in [-0.25, -0.2) is 4.21 Å². The van der Waals surface area contributed by atoms with Crippen LogP contribution in [0.3, 0.4) is 0 Å². The summed E-state index contributed by atoms with van der Waals surface area (Å²) in [5.41, 5.74) is 0.558. The van der Waals surface area contributed by atoms with Gasteiger partial charge in [-0.05, 0) is 18.6 Å². The van der Waals surface area contributed by atoms with Gasteiger partial charge in [-0.1, -0.05) is 89.7 Å². The van der Waals surface area contributed by atoms with Gasteiger partial charge in [0, 0.05) is 0 Å². The van der Waals surface area contributed by atoms with Crippen molar-refractivity contribution in [2.24, 2.45) is 0 Å². The Morgan fingerprint density at radius 2 is 1.40 bits per heavy atom. The molecule has 0 radical (unpaired) electrons. The van der Waals surface area contributed by atoms with Crippen molar-refractivity contribution < 1.29 is 13.5 Å². The topological polar surface area (TPSA) is 58.6 Å². The van der Waals surface area contributed by atoms with Crippen molar-refractivity contribution in [3.05, 3.63) is 24.3 Å². The van der Waals surface area contributed by atoms with E-state index >= 15 is 0 Å². The molecule has 0 bridgehead atoms. The Labute approximate surface area is 156 Å². The number of nitrogens with one attached hydrogen (secondary N) is 1. The monoisotopic (exact) mass is 369 g/mol. The van der Waals surface area contributed by atoms with E-state index in [0.29, 0.717) is 18.0 Å². The molecular formula is C20H35NO3S. The molecule has 0 fully saturated rings. The lowest BCUT2D eigenvalue weighted by Crippen LogP contribution is -2.05. The van der Waals surface area contributed by atoms with Crippen molar-refractivity contribution in [1.82, 2.24) is 0 Å². The number of para-hydroxylation sites is 2. The molecule has 0 aliphatic carbocycles. The van der Waals surface area contributed by atoms with E-state index in [4.69, 9.17) is 9.29 Å². The summed E-state index contributed by atoms with van der Waals surface area (Å²) in [6.45, 7) is 2.91. The van der Waals surface area contributed by atoms with Crippen molar-refractivity contribution in [2.75, 3.05) is 11.3 Å². The highest BCUT2D eigenvalue weighted by Gasteiger charge is 2.04. The van der Waals surface area contributed by atoms with Crippen LogP contribution in [0.5, 0.6) is 5.75 Å². The number of benzene rings is 1. The van der Waals surface area contributed by atoms with Crippen LogP contribution in [0.2, 0.25) is 0 Å². The zero-order valence-corrected chi connectivity index (χ0v) is 16.5. The lowest BCUT2D eigenvalue weighted by atomic mass is 10.1. The minimum atomic E-state index is -2.07. The van der Waals surface area contributed by atoms with Crippen LogP contribution in [0.25, 0.3) is 0 Å². The van der Waals surface area contributed by atoms with Gasteiger partial charge in [-0.3, -0.25) is 9.27 Å². The molecule has 0 heterocycles. The molecule has 0 aliphatic heterocycles. The van der Waals surface area contributed by atoms with E-state index < -0.39 is 11.3 Å². The first-order chi connectivity index (χ1) is 12.2. The highest BCUT2D eigenvalue weighted by atomic mass is 32.2. The third-order valence-electron chi connectivity index (χ3n) is 4.34. The van der Waals surface area contributed by atoms with Crippen LogP contribution in [0.4, 0.5) is 5.69 Å². The maximum atomic E-state index is 10.9. The fourth-order valence-electron chi connectivity index (χ4n) is 2.90. The first-order valence-electron chi connectivity index (χ1n) is 9.83. The van der Waals surface area contributed by atoms with Crippen LogP contribution in [-0.2, 0) is 11.3 Å². The molecule has 1 unspecified atom stereocenters. The average molecular weight is 370 g/mol. The molecule has 1 atom stereocenters. The molecule has 0 aromatic heterocycles. The zero-order chi connectivity index (χ0) is 18.2. The predicted molar refractivity (Wildman–Crippen MR) is 107 cm³/mol. The molecule has 1 rings (SSSR count). The molecule has 0 spiro atoms. The van der Waals surface area contributed by atoms with Crippen LogP contribution >= 0.6 is 0 Å². The molecule has 2 N–H and O–H groups in total. The maximum absolute atomic E-state index is 10.9. The van der Waals surface area contributed by atoms with Gasteiger partial charge in [0.05, 0.1) is 12.3 Å². The van der Waals surface area contributed by atoms with Gasteiger partial charge in [0.2, 0.25) is 0 Å². The number of ether oxygens (including phenoxy) is 1. The fraction of sp³-hybridized carbons (Fsp3) is 0.700. The lowest BCUT2D eigenvalue weighted by Gasteiger charge is -2.11. The van der Waals surface area contributed by atoms with Crippen molar-refractivity contribution in [3.63, 3.8) is 0 Å². The normalized spacial score (nSPS) is 12.1. The smallest absolute Gasteiger partial charge is 0.259 e. The molecule has 25 heavy (non-hydrogen) atoms. The highest BCUT2D eigenvalue weighted by molar-refractivity contribution is 7.80. The van der Waals surface area contributed by atoms with E-state index in [2.05, 4.69) is 11.6 Å². The van der Waals surface area contributed by atoms with E-state index in [-0.39, 0.29) is 0 Å². The molecule has 0 amide bonds. The van der Waals surface area contributed by atoms with Gasteiger partial charge in [-0.2, -0.15) is 0 Å². The van der Waals surface area contributed by atoms with Crippen molar-refractivity contribution in [2.45, 2.75) is 84.0 Å². The van der Waals surface area contributed by atoms with Gasteiger partial charge < -0.3 is 4.74 Å². The average Bonchev–Trinajstić information content (AvgIpc) is 2.60. The molecular weight excluding hydrogens is 334 g/mol. The first kappa shape index (κ1) is 22.0. The molecule has 4 nitrogen and oxygen atoms in total. The Kier molecular flexibility index (Phi) is 13.4. The van der Waals surface area contributed by atoms with Crippen molar-refractivity contribution >= 4 is 17.0 Å². The molecule has 1 aromatic rings. The molecule has 0 aliphatic rings. The first-order valence-corrected chi connectivity index (χ1v) is 10.9. The van der Waals surface area contributed by atoms with Crippen LogP contribution in [0.1, 0.15) is 84.0 Å². The third-order valence-corrected chi connectivity index (χ3v) is 4.73. The van der Waals surface area contributed by atoms with Crippen molar-refractivity contribution in [1.29, 1.82) is 0 Å². The largest absolute Gasteiger partial charge is 0.491 e. The number of anilines is 1. The number of unbranched alkanes of at least 4 members (excludes halogenated alkanes) is 11. The van der Waals surface area contributed by atoms with E-state index in [1.165, 1.54) is 70.6 Å². The zero-order valence-electron chi connectivity index (χ0n) is 15.7. The summed E-state index contributed by atoms with van der Waals surface area (Å²) in [5.74, 6) is 0.632. The lowest BCUT2D eigenvalue weighted by molar-refractivity contribution is 0.305. The number of hydrogen-bond donors (Lipinski definition) is 2. The SMILES string of the molecule is CCCCCCCCCCCCCCOc1ccccc1NS(=O)O. The standard InChI is InChI=1S/C20H35NO3S/c1-2-3-4-5-6-7-8-9-10-11-12-15-18-24-20-17-14-13-16-19(20)21-25(22)23/h13-14,16-17,21H,2-12,15,18H2,1H3,(H,22,23). The Hall–Kier alpha value is -1.07. The minimum absolute atomic E-state index is 0.558. The quantitative estimate of drug-likeness (QED) is 0.265. The maximum Gasteiger partial charge on any atom is 0.259 e. The van der Waals surface area contributed by atoms with Gasteiger partial charge in [0.1, 0.15) is 5.75 Å². The van der Waals surface area contributed by atoms with E-state index in [1.807, 2.05) is 18.2 Å². The van der Waals surface area contributed by atoms with Gasteiger partial charge in [-0.15, -0.1) is 0 Å². The van der Waals surface area contributed by atoms with Crippen LogP contribution in [0.15, 0.2) is 24.3 Å². The summed E-state index contributed by atoms with van der Waals surface area (Å²) in [4.78, 5) is 0. The molecule has 1 aromatic carbocycles. The predicted octanol–water partition coefficient (Wildman–Crippen LogP) is 6.32. The summed E-state index contributed by atoms with van der Waals surface area (Å²) < 4.78 is 28.0. The van der Waals surface area contributed by atoms with Gasteiger partial charge in [0.25, 0.3) is 11.3 Å². The van der Waals surface area contributed by atoms with Gasteiger partial charge >= 0.3 is 0 Å². The van der Waals surface area contributed by atoms with E-state index in [1.54, 1.807) is 6.07 Å². The summed E-state index contributed by atoms with van der Waals surface area (Å²) in [7, 11) is 0. The second-order valence-electron chi connectivity index (χ2n) is 6.58. The highest BCUT2D eigenvalue weighted by Crippen LogP contribution is 2.24. The summed E-state index contributed by atoms with van der Waals surface area (Å²) >= 11 is -2.07. The Balaban J connectivity index is 1.96. The molecule has 0 saturated heterocycles. The van der Waals surface area contributed by atoms with Crippen LogP contribution in [0, 0.1) is 0 Å². The second kappa shape index (κ2) is 15.2. The Morgan fingerprint density at radius 1 is 0.880 bits per heavy atom. The van der Waals surface area contributed by atoms with E-state index in [0.717, 1.165) is 6.42 Å². The molecule has 144 valence electrons. The number of rotatable bonds is 16. The third kappa shape index (κ3) is 12.0. The molecule has 0 saturated carbocycles. The van der Waals surface area contributed by atoms with Gasteiger partial charge in [0.15, 0.2) is 0 Å². The minimum Gasteiger partial charge on any atom is -0.491 e. The summed E-state index contributed by atoms with van der Waals surface area (Å²) in [5, 5.41) is 0. The molecule has 5 heteroatoms. The van der Waals surface area contributed by atoms with E-state index in [9.17, 15) is 4.21 Å².